The van der Waals surface area contributed by atoms with Crippen LogP contribution in [0.15, 0.2) is 119 Å². The highest BCUT2D eigenvalue weighted by molar-refractivity contribution is 7.92. The summed E-state index contributed by atoms with van der Waals surface area (Å²) in [6.07, 6.45) is 0. The molecule has 0 atom stereocenters. The summed E-state index contributed by atoms with van der Waals surface area (Å²) in [5.41, 5.74) is 5.40. The van der Waals surface area contributed by atoms with Gasteiger partial charge in [-0.25, -0.2) is 13.4 Å². The van der Waals surface area contributed by atoms with E-state index in [1.807, 2.05) is 90.3 Å². The lowest BCUT2D eigenvalue weighted by Gasteiger charge is -2.09. The Morgan fingerprint density at radius 3 is 1.79 bits per heavy atom. The molecule has 0 aliphatic heterocycles. The molecule has 0 bridgehead atoms. The Bertz CT molecular complexity index is 1460. The standard InChI is InChI=1S/C27H20N2O2S2/c30-33(31,25-17-13-21(14-18-25)20-7-3-1-4-8-20)29-24-15-11-22(12-16-24)26-19-32-27(28-26)23-9-5-2-6-10-23/h1-19,29H. The van der Waals surface area contributed by atoms with Gasteiger partial charge < -0.3 is 0 Å². The quantitative estimate of drug-likeness (QED) is 0.293. The third-order valence-electron chi connectivity index (χ3n) is 5.23. The van der Waals surface area contributed by atoms with Crippen LogP contribution in [0.4, 0.5) is 5.69 Å². The van der Waals surface area contributed by atoms with Gasteiger partial charge in [0.1, 0.15) is 5.01 Å². The molecular formula is C27H20N2O2S2. The molecule has 5 aromatic rings. The third-order valence-corrected chi connectivity index (χ3v) is 7.52. The molecule has 1 heterocycles. The number of benzene rings is 4. The zero-order valence-electron chi connectivity index (χ0n) is 17.5. The molecule has 6 heteroatoms. The molecule has 0 aliphatic rings. The summed E-state index contributed by atoms with van der Waals surface area (Å²) >= 11 is 1.59. The van der Waals surface area contributed by atoms with E-state index < -0.39 is 10.0 Å². The van der Waals surface area contributed by atoms with Gasteiger partial charge in [-0.3, -0.25) is 4.72 Å². The molecule has 4 nitrogen and oxygen atoms in total. The lowest BCUT2D eigenvalue weighted by molar-refractivity contribution is 0.601. The Morgan fingerprint density at radius 2 is 1.15 bits per heavy atom. The van der Waals surface area contributed by atoms with E-state index >= 15 is 0 Å². The van der Waals surface area contributed by atoms with E-state index in [9.17, 15) is 8.42 Å². The number of sulfonamides is 1. The maximum Gasteiger partial charge on any atom is 0.261 e. The first-order chi connectivity index (χ1) is 16.1. The van der Waals surface area contributed by atoms with E-state index in [0.29, 0.717) is 5.69 Å². The van der Waals surface area contributed by atoms with Crippen LogP contribution in [0.25, 0.3) is 33.0 Å². The molecule has 0 amide bonds. The fraction of sp³-hybridized carbons (Fsp3) is 0. The molecule has 33 heavy (non-hydrogen) atoms. The maximum atomic E-state index is 12.8. The van der Waals surface area contributed by atoms with Crippen molar-refractivity contribution in [2.24, 2.45) is 0 Å². The number of hydrogen-bond donors (Lipinski definition) is 1. The zero-order valence-corrected chi connectivity index (χ0v) is 19.2. The van der Waals surface area contributed by atoms with E-state index in [-0.39, 0.29) is 4.90 Å². The van der Waals surface area contributed by atoms with Gasteiger partial charge in [0.15, 0.2) is 0 Å². The van der Waals surface area contributed by atoms with Gasteiger partial charge in [0.25, 0.3) is 10.0 Å². The number of hydrogen-bond acceptors (Lipinski definition) is 4. The molecular weight excluding hydrogens is 448 g/mol. The summed E-state index contributed by atoms with van der Waals surface area (Å²) in [6.45, 7) is 0. The second-order valence-electron chi connectivity index (χ2n) is 7.48. The van der Waals surface area contributed by atoms with Gasteiger partial charge >= 0.3 is 0 Å². The van der Waals surface area contributed by atoms with Crippen molar-refractivity contribution in [3.05, 3.63) is 115 Å². The number of aromatic nitrogens is 1. The number of anilines is 1. The SMILES string of the molecule is O=S(=O)(Nc1ccc(-c2csc(-c3ccccc3)n2)cc1)c1ccc(-c2ccccc2)cc1. The molecule has 0 saturated heterocycles. The molecule has 162 valence electrons. The van der Waals surface area contributed by atoms with E-state index in [2.05, 4.69) is 4.72 Å². The first-order valence-corrected chi connectivity index (χ1v) is 12.7. The lowest BCUT2D eigenvalue weighted by Crippen LogP contribution is -2.12. The Morgan fingerprint density at radius 1 is 0.606 bits per heavy atom. The van der Waals surface area contributed by atoms with Crippen molar-refractivity contribution in [3.63, 3.8) is 0 Å². The number of thiazole rings is 1. The van der Waals surface area contributed by atoms with Gasteiger partial charge in [0.05, 0.1) is 10.6 Å². The van der Waals surface area contributed by atoms with Gasteiger partial charge in [-0.15, -0.1) is 11.3 Å². The molecule has 0 aliphatic carbocycles. The minimum atomic E-state index is -3.69. The van der Waals surface area contributed by atoms with Crippen LogP contribution in [0, 0.1) is 0 Å². The highest BCUT2D eigenvalue weighted by Gasteiger charge is 2.15. The fourth-order valence-corrected chi connectivity index (χ4v) is 5.39. The zero-order chi connectivity index (χ0) is 22.7. The summed E-state index contributed by atoms with van der Waals surface area (Å²) in [5, 5.41) is 2.96. The van der Waals surface area contributed by atoms with Crippen LogP contribution in [0.3, 0.4) is 0 Å². The number of nitrogens with one attached hydrogen (secondary N) is 1. The Balaban J connectivity index is 1.31. The monoisotopic (exact) mass is 468 g/mol. The van der Waals surface area contributed by atoms with Crippen LogP contribution < -0.4 is 4.72 Å². The Labute approximate surface area is 197 Å². The maximum absolute atomic E-state index is 12.8. The van der Waals surface area contributed by atoms with E-state index in [0.717, 1.165) is 33.0 Å². The lowest BCUT2D eigenvalue weighted by atomic mass is 10.1. The van der Waals surface area contributed by atoms with Gasteiger partial charge in [0.2, 0.25) is 0 Å². The van der Waals surface area contributed by atoms with Crippen molar-refractivity contribution in [3.8, 4) is 33.0 Å². The van der Waals surface area contributed by atoms with Gasteiger partial charge in [-0.1, -0.05) is 84.9 Å². The number of nitrogens with zero attached hydrogens (tertiary/aromatic N) is 1. The van der Waals surface area contributed by atoms with E-state index in [1.165, 1.54) is 0 Å². The molecule has 1 N–H and O–H groups in total. The molecule has 4 aromatic carbocycles. The first-order valence-electron chi connectivity index (χ1n) is 10.4. The average Bonchev–Trinajstić information content (AvgIpc) is 3.36. The molecule has 0 fully saturated rings. The largest absolute Gasteiger partial charge is 0.280 e. The van der Waals surface area contributed by atoms with Crippen LogP contribution >= 0.6 is 11.3 Å². The summed E-state index contributed by atoms with van der Waals surface area (Å²) in [4.78, 5) is 4.94. The predicted octanol–water partition coefficient (Wildman–Crippen LogP) is 6.94. The highest BCUT2D eigenvalue weighted by atomic mass is 32.2. The van der Waals surface area contributed by atoms with Crippen LogP contribution in [-0.4, -0.2) is 13.4 Å². The molecule has 0 spiro atoms. The highest BCUT2D eigenvalue weighted by Crippen LogP contribution is 2.30. The normalized spacial score (nSPS) is 11.3. The molecule has 0 unspecified atom stereocenters. The smallest absolute Gasteiger partial charge is 0.261 e. The number of rotatable bonds is 6. The van der Waals surface area contributed by atoms with Crippen molar-refractivity contribution in [2.75, 3.05) is 4.72 Å². The van der Waals surface area contributed by atoms with Gasteiger partial charge in [-0.2, -0.15) is 0 Å². The van der Waals surface area contributed by atoms with Crippen molar-refractivity contribution in [1.82, 2.24) is 4.98 Å². The molecule has 0 radical (unpaired) electrons. The molecule has 5 rings (SSSR count). The van der Waals surface area contributed by atoms with Crippen LogP contribution in [0.1, 0.15) is 0 Å². The second-order valence-corrected chi connectivity index (χ2v) is 10.0. The topological polar surface area (TPSA) is 59.1 Å². The van der Waals surface area contributed by atoms with E-state index in [4.69, 9.17) is 4.98 Å². The summed E-state index contributed by atoms with van der Waals surface area (Å²) in [7, 11) is -3.69. The minimum Gasteiger partial charge on any atom is -0.280 e. The van der Waals surface area contributed by atoms with Crippen molar-refractivity contribution < 1.29 is 8.42 Å². The molecule has 0 saturated carbocycles. The van der Waals surface area contributed by atoms with Crippen LogP contribution in [-0.2, 0) is 10.0 Å². The second kappa shape index (κ2) is 9.02. The summed E-state index contributed by atoms with van der Waals surface area (Å²) in [6, 6.07) is 34.0. The van der Waals surface area contributed by atoms with Gasteiger partial charge in [-0.05, 0) is 35.4 Å². The summed E-state index contributed by atoms with van der Waals surface area (Å²) < 4.78 is 28.3. The average molecular weight is 469 g/mol. The fourth-order valence-electron chi connectivity index (χ4n) is 3.50. The Kier molecular flexibility index (Phi) is 5.77. The summed E-state index contributed by atoms with van der Waals surface area (Å²) in [5.74, 6) is 0. The van der Waals surface area contributed by atoms with Crippen molar-refractivity contribution in [1.29, 1.82) is 0 Å². The Hall–Kier alpha value is -3.74. The first kappa shape index (κ1) is 21.1. The van der Waals surface area contributed by atoms with Crippen LogP contribution in [0.2, 0.25) is 0 Å². The molecule has 1 aromatic heterocycles. The van der Waals surface area contributed by atoms with Gasteiger partial charge in [0, 0.05) is 22.2 Å². The minimum absolute atomic E-state index is 0.221. The third kappa shape index (κ3) is 4.72. The van der Waals surface area contributed by atoms with Crippen molar-refractivity contribution in [2.45, 2.75) is 4.90 Å². The van der Waals surface area contributed by atoms with Crippen molar-refractivity contribution >= 4 is 27.0 Å². The van der Waals surface area contributed by atoms with Crippen LogP contribution in [0.5, 0.6) is 0 Å². The van der Waals surface area contributed by atoms with E-state index in [1.54, 1.807) is 35.6 Å². The predicted molar refractivity (Wildman–Crippen MR) is 136 cm³/mol.